The SMILES string of the molecule is Cn1ccc(-c2nc(CN3CC(S(C)(=O)=O)C3)cs2)n1. The summed E-state index contributed by atoms with van der Waals surface area (Å²) < 4.78 is 24.5. The summed E-state index contributed by atoms with van der Waals surface area (Å²) >= 11 is 1.57. The van der Waals surface area contributed by atoms with Gasteiger partial charge in [0.15, 0.2) is 9.84 Å². The topological polar surface area (TPSA) is 68.1 Å². The minimum atomic E-state index is -2.90. The number of thiazole rings is 1. The number of likely N-dealkylation sites (tertiary alicyclic amines) is 1. The van der Waals surface area contributed by atoms with Crippen molar-refractivity contribution in [3.63, 3.8) is 0 Å². The van der Waals surface area contributed by atoms with Crippen LogP contribution in [0.15, 0.2) is 17.6 Å². The highest BCUT2D eigenvalue weighted by Crippen LogP contribution is 2.24. The maximum atomic E-state index is 11.4. The average molecular weight is 312 g/mol. The molecule has 1 aliphatic heterocycles. The van der Waals surface area contributed by atoms with Crippen molar-refractivity contribution in [1.82, 2.24) is 19.7 Å². The quantitative estimate of drug-likeness (QED) is 0.834. The molecular weight excluding hydrogens is 296 g/mol. The van der Waals surface area contributed by atoms with Crippen molar-refractivity contribution >= 4 is 21.2 Å². The van der Waals surface area contributed by atoms with E-state index in [4.69, 9.17) is 0 Å². The minimum absolute atomic E-state index is 0.212. The Labute approximate surface area is 122 Å². The second-order valence-electron chi connectivity index (χ2n) is 5.16. The lowest BCUT2D eigenvalue weighted by atomic mass is 10.2. The molecule has 2 aromatic heterocycles. The van der Waals surface area contributed by atoms with Gasteiger partial charge in [0.05, 0.1) is 10.9 Å². The molecule has 0 N–H and O–H groups in total. The minimum Gasteiger partial charge on any atom is -0.295 e. The summed E-state index contributed by atoms with van der Waals surface area (Å²) in [7, 11) is -1.02. The molecule has 0 aromatic carbocycles. The fraction of sp³-hybridized carbons (Fsp3) is 0.500. The normalized spacial score (nSPS) is 17.3. The van der Waals surface area contributed by atoms with Gasteiger partial charge in [0.1, 0.15) is 10.7 Å². The predicted molar refractivity (Wildman–Crippen MR) is 78.2 cm³/mol. The van der Waals surface area contributed by atoms with Crippen LogP contribution in [0.4, 0.5) is 0 Å². The summed E-state index contributed by atoms with van der Waals surface area (Å²) in [6.07, 6.45) is 3.19. The number of sulfone groups is 1. The highest BCUT2D eigenvalue weighted by Gasteiger charge is 2.34. The van der Waals surface area contributed by atoms with Crippen molar-refractivity contribution in [1.29, 1.82) is 0 Å². The van der Waals surface area contributed by atoms with Crippen LogP contribution in [0.3, 0.4) is 0 Å². The van der Waals surface area contributed by atoms with E-state index in [1.165, 1.54) is 6.26 Å². The summed E-state index contributed by atoms with van der Waals surface area (Å²) in [6, 6.07) is 1.94. The van der Waals surface area contributed by atoms with Gasteiger partial charge in [-0.1, -0.05) is 0 Å². The van der Waals surface area contributed by atoms with Crippen molar-refractivity contribution in [3.05, 3.63) is 23.3 Å². The molecule has 0 radical (unpaired) electrons. The Morgan fingerprint density at radius 1 is 1.45 bits per heavy atom. The Hall–Kier alpha value is -1.25. The van der Waals surface area contributed by atoms with E-state index in [-0.39, 0.29) is 5.25 Å². The highest BCUT2D eigenvalue weighted by molar-refractivity contribution is 7.91. The number of hydrogen-bond donors (Lipinski definition) is 0. The monoisotopic (exact) mass is 312 g/mol. The van der Waals surface area contributed by atoms with Crippen molar-refractivity contribution < 1.29 is 8.42 Å². The molecule has 0 saturated carbocycles. The van der Waals surface area contributed by atoms with Crippen molar-refractivity contribution in [2.75, 3.05) is 19.3 Å². The Kier molecular flexibility index (Phi) is 3.39. The van der Waals surface area contributed by atoms with E-state index >= 15 is 0 Å². The van der Waals surface area contributed by atoms with Crippen molar-refractivity contribution in [2.45, 2.75) is 11.8 Å². The first kappa shape index (κ1) is 13.7. The molecule has 8 heteroatoms. The lowest BCUT2D eigenvalue weighted by Gasteiger charge is -2.37. The van der Waals surface area contributed by atoms with E-state index in [0.29, 0.717) is 19.6 Å². The van der Waals surface area contributed by atoms with E-state index in [9.17, 15) is 8.42 Å². The van der Waals surface area contributed by atoms with E-state index in [2.05, 4.69) is 15.0 Å². The standard InChI is InChI=1S/C12H16N4O2S2/c1-15-4-3-11(14-15)12-13-9(8-19-12)5-16-6-10(7-16)20(2,17)18/h3-4,8,10H,5-7H2,1-2H3. The molecule has 2 aromatic rings. The fourth-order valence-electron chi connectivity index (χ4n) is 2.18. The van der Waals surface area contributed by atoms with Gasteiger partial charge in [0.2, 0.25) is 0 Å². The molecule has 3 rings (SSSR count). The number of aryl methyl sites for hydroxylation is 1. The first-order valence-corrected chi connectivity index (χ1v) is 9.11. The number of aromatic nitrogens is 3. The Balaban J connectivity index is 1.62. The summed E-state index contributed by atoms with van der Waals surface area (Å²) in [4.78, 5) is 6.65. The van der Waals surface area contributed by atoms with Crippen molar-refractivity contribution in [3.8, 4) is 10.7 Å². The fourth-order valence-corrected chi connectivity index (χ4v) is 3.92. The summed E-state index contributed by atoms with van der Waals surface area (Å²) in [5, 5.41) is 7.03. The second-order valence-corrected chi connectivity index (χ2v) is 8.35. The Morgan fingerprint density at radius 2 is 2.20 bits per heavy atom. The van der Waals surface area contributed by atoms with Gasteiger partial charge in [0.25, 0.3) is 0 Å². The molecule has 0 atom stereocenters. The van der Waals surface area contributed by atoms with E-state index in [0.717, 1.165) is 16.4 Å². The molecule has 0 amide bonds. The average Bonchev–Trinajstić information content (AvgIpc) is 2.89. The Morgan fingerprint density at radius 3 is 2.80 bits per heavy atom. The summed E-state index contributed by atoms with van der Waals surface area (Å²) in [6.45, 7) is 1.92. The van der Waals surface area contributed by atoms with Gasteiger partial charge in [-0.3, -0.25) is 9.58 Å². The first-order valence-electron chi connectivity index (χ1n) is 6.27. The molecule has 1 fully saturated rings. The zero-order chi connectivity index (χ0) is 14.3. The maximum Gasteiger partial charge on any atom is 0.152 e. The lowest BCUT2D eigenvalue weighted by Crippen LogP contribution is -2.53. The van der Waals surface area contributed by atoms with Crippen LogP contribution in [0, 0.1) is 0 Å². The molecule has 108 valence electrons. The van der Waals surface area contributed by atoms with Gasteiger partial charge in [-0.2, -0.15) is 5.10 Å². The summed E-state index contributed by atoms with van der Waals surface area (Å²) in [5.41, 5.74) is 1.85. The van der Waals surface area contributed by atoms with E-state index < -0.39 is 9.84 Å². The number of rotatable bonds is 4. The third-order valence-corrected chi connectivity index (χ3v) is 5.82. The third-order valence-electron chi connectivity index (χ3n) is 3.40. The zero-order valence-corrected chi connectivity index (χ0v) is 13.0. The molecular formula is C12H16N4O2S2. The van der Waals surface area contributed by atoms with Gasteiger partial charge in [-0.25, -0.2) is 13.4 Å². The van der Waals surface area contributed by atoms with Crippen LogP contribution in [0.2, 0.25) is 0 Å². The first-order chi connectivity index (χ1) is 9.41. The van der Waals surface area contributed by atoms with Gasteiger partial charge in [0, 0.05) is 44.5 Å². The number of nitrogens with zero attached hydrogens (tertiary/aromatic N) is 4. The zero-order valence-electron chi connectivity index (χ0n) is 11.4. The molecule has 3 heterocycles. The molecule has 1 aliphatic rings. The largest absolute Gasteiger partial charge is 0.295 e. The molecule has 20 heavy (non-hydrogen) atoms. The molecule has 6 nitrogen and oxygen atoms in total. The van der Waals surface area contributed by atoms with Crippen LogP contribution >= 0.6 is 11.3 Å². The van der Waals surface area contributed by atoms with Crippen molar-refractivity contribution in [2.24, 2.45) is 7.05 Å². The van der Waals surface area contributed by atoms with Crippen LogP contribution in [-0.4, -0.2) is 52.7 Å². The lowest BCUT2D eigenvalue weighted by molar-refractivity contribution is 0.174. The van der Waals surface area contributed by atoms with Crippen LogP contribution in [0.1, 0.15) is 5.69 Å². The van der Waals surface area contributed by atoms with Gasteiger partial charge < -0.3 is 0 Å². The van der Waals surface area contributed by atoms with Crippen LogP contribution in [0.25, 0.3) is 10.7 Å². The highest BCUT2D eigenvalue weighted by atomic mass is 32.2. The van der Waals surface area contributed by atoms with E-state index in [1.54, 1.807) is 16.0 Å². The molecule has 0 bridgehead atoms. The van der Waals surface area contributed by atoms with Crippen LogP contribution in [0.5, 0.6) is 0 Å². The second kappa shape index (κ2) is 4.94. The summed E-state index contributed by atoms with van der Waals surface area (Å²) in [5.74, 6) is 0. The molecule has 0 aliphatic carbocycles. The van der Waals surface area contributed by atoms with Gasteiger partial charge in [-0.05, 0) is 6.07 Å². The molecule has 1 saturated heterocycles. The van der Waals surface area contributed by atoms with Crippen LogP contribution < -0.4 is 0 Å². The van der Waals surface area contributed by atoms with Gasteiger partial charge >= 0.3 is 0 Å². The Bertz CT molecular complexity index is 713. The smallest absolute Gasteiger partial charge is 0.152 e. The molecule has 0 unspecified atom stereocenters. The number of hydrogen-bond acceptors (Lipinski definition) is 6. The van der Waals surface area contributed by atoms with Gasteiger partial charge in [-0.15, -0.1) is 11.3 Å². The third kappa shape index (κ3) is 2.77. The predicted octanol–water partition coefficient (Wildman–Crippen LogP) is 0.772. The molecule has 0 spiro atoms. The van der Waals surface area contributed by atoms with Crippen LogP contribution in [-0.2, 0) is 23.4 Å². The van der Waals surface area contributed by atoms with E-state index in [1.807, 2.05) is 24.7 Å². The maximum absolute atomic E-state index is 11.4.